The van der Waals surface area contributed by atoms with E-state index in [4.69, 9.17) is 16.3 Å². The number of carbonyl (C=O) groups is 1. The Labute approximate surface area is 162 Å². The normalized spacial score (nSPS) is 10.8. The summed E-state index contributed by atoms with van der Waals surface area (Å²) >= 11 is 7.85. The van der Waals surface area contributed by atoms with Crippen LogP contribution in [0.15, 0.2) is 35.7 Å². The predicted molar refractivity (Wildman–Crippen MR) is 108 cm³/mol. The monoisotopic (exact) mass is 388 g/mol. The van der Waals surface area contributed by atoms with E-state index < -0.39 is 0 Å². The van der Waals surface area contributed by atoms with Crippen molar-refractivity contribution in [3.8, 4) is 5.75 Å². The van der Waals surface area contributed by atoms with Gasteiger partial charge in [-0.05, 0) is 49.9 Å². The maximum absolute atomic E-state index is 12.9. The number of hydrogen-bond donors (Lipinski definition) is 1. The quantitative estimate of drug-likeness (QED) is 0.632. The Hall–Kier alpha value is -2.24. The van der Waals surface area contributed by atoms with Crippen LogP contribution in [0.1, 0.15) is 32.2 Å². The van der Waals surface area contributed by atoms with Crippen LogP contribution < -0.4 is 10.1 Å². The number of aryl methyl sites for hydroxylation is 2. The minimum Gasteiger partial charge on any atom is -0.495 e. The van der Waals surface area contributed by atoms with Crippen molar-refractivity contribution in [2.75, 3.05) is 12.4 Å². The molecule has 4 nitrogen and oxygen atoms in total. The highest BCUT2D eigenvalue weighted by Gasteiger charge is 2.18. The van der Waals surface area contributed by atoms with E-state index in [9.17, 15) is 4.79 Å². The van der Waals surface area contributed by atoms with E-state index in [1.54, 1.807) is 24.5 Å². The van der Waals surface area contributed by atoms with E-state index in [-0.39, 0.29) is 5.91 Å². The highest BCUT2D eigenvalue weighted by Crippen LogP contribution is 2.31. The first kappa shape index (κ1) is 18.5. The summed E-state index contributed by atoms with van der Waals surface area (Å²) in [6.45, 7) is 6.65. The third-order valence-electron chi connectivity index (χ3n) is 4.44. The molecule has 3 aromatic rings. The van der Waals surface area contributed by atoms with Gasteiger partial charge < -0.3 is 14.6 Å². The molecule has 0 saturated heterocycles. The third kappa shape index (κ3) is 3.64. The van der Waals surface area contributed by atoms with Crippen LogP contribution in [-0.2, 0) is 6.54 Å². The second-order valence-electron chi connectivity index (χ2n) is 6.21. The van der Waals surface area contributed by atoms with Gasteiger partial charge in [0.05, 0.1) is 24.9 Å². The van der Waals surface area contributed by atoms with Gasteiger partial charge in [-0.25, -0.2) is 0 Å². The molecule has 0 spiro atoms. The molecule has 0 atom stereocenters. The van der Waals surface area contributed by atoms with Crippen molar-refractivity contribution < 1.29 is 9.53 Å². The smallest absolute Gasteiger partial charge is 0.257 e. The first-order valence-electron chi connectivity index (χ1n) is 8.25. The second kappa shape index (κ2) is 7.56. The Bertz CT molecular complexity index is 945. The van der Waals surface area contributed by atoms with Crippen molar-refractivity contribution in [3.63, 3.8) is 0 Å². The second-order valence-corrected chi connectivity index (χ2v) is 7.65. The van der Waals surface area contributed by atoms with Crippen molar-refractivity contribution in [2.45, 2.75) is 27.3 Å². The molecule has 0 unspecified atom stereocenters. The number of hydrogen-bond acceptors (Lipinski definition) is 3. The standard InChI is InChI=1S/C20H21ClN2O2S/c1-12-8-18(19(25-4)10-17(12)21)22-20(24)16-9-13(2)23(14(16)3)11-15-6-5-7-26-15/h5-10H,11H2,1-4H3,(H,22,24). The fourth-order valence-electron chi connectivity index (χ4n) is 2.95. The number of aromatic nitrogens is 1. The van der Waals surface area contributed by atoms with Crippen LogP contribution in [-0.4, -0.2) is 17.6 Å². The van der Waals surface area contributed by atoms with Gasteiger partial charge in [-0.3, -0.25) is 4.79 Å². The average molecular weight is 389 g/mol. The molecule has 3 rings (SSSR count). The van der Waals surface area contributed by atoms with Gasteiger partial charge in [-0.15, -0.1) is 11.3 Å². The third-order valence-corrected chi connectivity index (χ3v) is 5.71. The first-order valence-corrected chi connectivity index (χ1v) is 9.51. The van der Waals surface area contributed by atoms with E-state index in [2.05, 4.69) is 21.3 Å². The van der Waals surface area contributed by atoms with E-state index in [1.165, 1.54) is 4.88 Å². The molecule has 0 radical (unpaired) electrons. The number of halogens is 1. The Morgan fingerprint density at radius 2 is 2.04 bits per heavy atom. The van der Waals surface area contributed by atoms with Crippen molar-refractivity contribution in [1.82, 2.24) is 4.57 Å². The van der Waals surface area contributed by atoms with Crippen LogP contribution >= 0.6 is 22.9 Å². The summed E-state index contributed by atoms with van der Waals surface area (Å²) in [5.74, 6) is 0.386. The lowest BCUT2D eigenvalue weighted by Crippen LogP contribution is -2.14. The van der Waals surface area contributed by atoms with Gasteiger partial charge in [0.1, 0.15) is 5.75 Å². The predicted octanol–water partition coefficient (Wildman–Crippen LogP) is 5.44. The number of rotatable bonds is 5. The zero-order chi connectivity index (χ0) is 18.8. The molecule has 0 bridgehead atoms. The average Bonchev–Trinajstić information content (AvgIpc) is 3.21. The van der Waals surface area contributed by atoms with E-state index >= 15 is 0 Å². The molecule has 2 heterocycles. The molecule has 0 aliphatic heterocycles. The van der Waals surface area contributed by atoms with Gasteiger partial charge >= 0.3 is 0 Å². The van der Waals surface area contributed by atoms with Crippen LogP contribution in [0.4, 0.5) is 5.69 Å². The molecule has 6 heteroatoms. The summed E-state index contributed by atoms with van der Waals surface area (Å²) in [6, 6.07) is 9.60. The number of thiophene rings is 1. The Morgan fingerprint density at radius 1 is 1.27 bits per heavy atom. The molecule has 26 heavy (non-hydrogen) atoms. The topological polar surface area (TPSA) is 43.3 Å². The zero-order valence-electron chi connectivity index (χ0n) is 15.2. The molecule has 0 fully saturated rings. The summed E-state index contributed by atoms with van der Waals surface area (Å²) in [7, 11) is 1.56. The Balaban J connectivity index is 1.88. The van der Waals surface area contributed by atoms with Crippen LogP contribution in [0.5, 0.6) is 5.75 Å². The van der Waals surface area contributed by atoms with Crippen LogP contribution in [0.2, 0.25) is 5.02 Å². The first-order chi connectivity index (χ1) is 12.4. The summed E-state index contributed by atoms with van der Waals surface area (Å²) in [5, 5.41) is 5.62. The number of ether oxygens (including phenoxy) is 1. The zero-order valence-corrected chi connectivity index (χ0v) is 16.8. The molecule has 1 amide bonds. The van der Waals surface area contributed by atoms with E-state index in [0.29, 0.717) is 22.0 Å². The van der Waals surface area contributed by atoms with Crippen molar-refractivity contribution in [3.05, 3.63) is 68.1 Å². The van der Waals surface area contributed by atoms with Crippen LogP contribution in [0.25, 0.3) is 0 Å². The molecule has 1 N–H and O–H groups in total. The summed E-state index contributed by atoms with van der Waals surface area (Å²) in [4.78, 5) is 14.1. The van der Waals surface area contributed by atoms with Gasteiger partial charge in [-0.1, -0.05) is 17.7 Å². The lowest BCUT2D eigenvalue weighted by atomic mass is 10.2. The summed E-state index contributed by atoms with van der Waals surface area (Å²) in [5.41, 5.74) is 4.15. The summed E-state index contributed by atoms with van der Waals surface area (Å²) in [6.07, 6.45) is 0. The molecule has 0 saturated carbocycles. The number of methoxy groups -OCH3 is 1. The van der Waals surface area contributed by atoms with Crippen molar-refractivity contribution >= 4 is 34.5 Å². The van der Waals surface area contributed by atoms with Crippen LogP contribution in [0.3, 0.4) is 0 Å². The number of carbonyl (C=O) groups excluding carboxylic acids is 1. The maximum Gasteiger partial charge on any atom is 0.257 e. The van der Waals surface area contributed by atoms with Crippen LogP contribution in [0, 0.1) is 20.8 Å². The molecule has 0 aliphatic carbocycles. The van der Waals surface area contributed by atoms with Crippen molar-refractivity contribution in [2.24, 2.45) is 0 Å². The number of amides is 1. The van der Waals surface area contributed by atoms with Crippen molar-refractivity contribution in [1.29, 1.82) is 0 Å². The maximum atomic E-state index is 12.9. The van der Waals surface area contributed by atoms with Gasteiger partial charge in [0.2, 0.25) is 0 Å². The molecule has 136 valence electrons. The minimum atomic E-state index is -0.157. The number of benzene rings is 1. The number of nitrogens with zero attached hydrogens (tertiary/aromatic N) is 1. The fourth-order valence-corrected chi connectivity index (χ4v) is 3.80. The van der Waals surface area contributed by atoms with Gasteiger partial charge in [0, 0.05) is 27.4 Å². The fraction of sp³-hybridized carbons (Fsp3) is 0.250. The highest BCUT2D eigenvalue weighted by atomic mass is 35.5. The lowest BCUT2D eigenvalue weighted by molar-refractivity contribution is 0.102. The molecule has 1 aromatic carbocycles. The Kier molecular flexibility index (Phi) is 5.39. The molecular weight excluding hydrogens is 368 g/mol. The summed E-state index contributed by atoms with van der Waals surface area (Å²) < 4.78 is 7.50. The minimum absolute atomic E-state index is 0.157. The number of nitrogens with one attached hydrogen (secondary N) is 1. The van der Waals surface area contributed by atoms with Gasteiger partial charge in [-0.2, -0.15) is 0 Å². The molecular formula is C20H21ClN2O2S. The number of anilines is 1. The SMILES string of the molecule is COc1cc(Cl)c(C)cc1NC(=O)c1cc(C)n(Cc2cccs2)c1C. The van der Waals surface area contributed by atoms with Gasteiger partial charge in [0.15, 0.2) is 0 Å². The van der Waals surface area contributed by atoms with E-state index in [0.717, 1.165) is 23.5 Å². The largest absolute Gasteiger partial charge is 0.495 e. The lowest BCUT2D eigenvalue weighted by Gasteiger charge is -2.13. The van der Waals surface area contributed by atoms with E-state index in [1.807, 2.05) is 39.0 Å². The van der Waals surface area contributed by atoms with Gasteiger partial charge in [0.25, 0.3) is 5.91 Å². The molecule has 2 aromatic heterocycles. The molecule has 0 aliphatic rings. The highest BCUT2D eigenvalue weighted by molar-refractivity contribution is 7.09. The Morgan fingerprint density at radius 3 is 2.69 bits per heavy atom.